The van der Waals surface area contributed by atoms with Gasteiger partial charge in [-0.25, -0.2) is 0 Å². The Labute approximate surface area is 118 Å². The van der Waals surface area contributed by atoms with Crippen LogP contribution in [-0.4, -0.2) is 35.7 Å². The van der Waals surface area contributed by atoms with Crippen molar-refractivity contribution in [2.24, 2.45) is 0 Å². The lowest BCUT2D eigenvalue weighted by Gasteiger charge is -2.14. The van der Waals surface area contributed by atoms with Crippen LogP contribution in [0, 0.1) is 0 Å². The minimum atomic E-state index is -0.796. The van der Waals surface area contributed by atoms with E-state index in [2.05, 4.69) is 5.32 Å². The monoisotopic (exact) mass is 283 g/mol. The van der Waals surface area contributed by atoms with Gasteiger partial charge in [-0.1, -0.05) is 12.1 Å². The number of ether oxygens (including phenoxy) is 1. The second-order valence-electron chi connectivity index (χ2n) is 4.13. The van der Waals surface area contributed by atoms with E-state index in [-0.39, 0.29) is 0 Å². The first-order valence-corrected chi connectivity index (χ1v) is 7.73. The zero-order valence-electron chi connectivity index (χ0n) is 11.4. The van der Waals surface area contributed by atoms with Gasteiger partial charge >= 0.3 is 5.97 Å². The van der Waals surface area contributed by atoms with E-state index in [1.54, 1.807) is 11.8 Å². The van der Waals surface area contributed by atoms with Gasteiger partial charge in [0, 0.05) is 6.54 Å². The van der Waals surface area contributed by atoms with Gasteiger partial charge in [-0.3, -0.25) is 4.79 Å². The first-order chi connectivity index (χ1) is 9.17. The first-order valence-electron chi connectivity index (χ1n) is 6.34. The lowest BCUT2D eigenvalue weighted by Crippen LogP contribution is -2.36. The van der Waals surface area contributed by atoms with Crippen molar-refractivity contribution in [2.75, 3.05) is 18.6 Å². The number of carboxylic acids is 1. The zero-order valence-corrected chi connectivity index (χ0v) is 12.2. The molecule has 4 nitrogen and oxygen atoms in total. The molecule has 0 amide bonds. The van der Waals surface area contributed by atoms with Crippen LogP contribution in [0.1, 0.15) is 18.9 Å². The fourth-order valence-electron chi connectivity index (χ4n) is 1.70. The number of rotatable bonds is 9. The summed E-state index contributed by atoms with van der Waals surface area (Å²) in [5.41, 5.74) is 1.03. The summed E-state index contributed by atoms with van der Waals surface area (Å²) in [6.07, 6.45) is 2.60. The van der Waals surface area contributed by atoms with E-state index < -0.39 is 12.0 Å². The SMILES string of the molecule is CCOc1cccc(CN[C@H](CCSC)C(=O)O)c1. The van der Waals surface area contributed by atoms with Gasteiger partial charge < -0.3 is 15.2 Å². The molecule has 0 heterocycles. The average Bonchev–Trinajstić information content (AvgIpc) is 2.39. The summed E-state index contributed by atoms with van der Waals surface area (Å²) >= 11 is 1.65. The summed E-state index contributed by atoms with van der Waals surface area (Å²) in [7, 11) is 0. The third kappa shape index (κ3) is 5.98. The van der Waals surface area contributed by atoms with Crippen LogP contribution >= 0.6 is 11.8 Å². The maximum Gasteiger partial charge on any atom is 0.320 e. The largest absolute Gasteiger partial charge is 0.494 e. The summed E-state index contributed by atoms with van der Waals surface area (Å²) in [4.78, 5) is 11.1. The summed E-state index contributed by atoms with van der Waals surface area (Å²) in [5, 5.41) is 12.2. The molecule has 19 heavy (non-hydrogen) atoms. The average molecular weight is 283 g/mol. The number of hydrogen-bond donors (Lipinski definition) is 2. The van der Waals surface area contributed by atoms with Crippen molar-refractivity contribution in [1.82, 2.24) is 5.32 Å². The standard InChI is InChI=1S/C14H21NO3S/c1-3-18-12-6-4-5-11(9-12)10-15-13(14(16)17)7-8-19-2/h4-6,9,13,15H,3,7-8,10H2,1-2H3,(H,16,17)/t13-/m1/s1. The Morgan fingerprint density at radius 3 is 2.95 bits per heavy atom. The molecular weight excluding hydrogens is 262 g/mol. The zero-order chi connectivity index (χ0) is 14.1. The molecule has 5 heteroatoms. The van der Waals surface area contributed by atoms with Crippen LogP contribution in [0.15, 0.2) is 24.3 Å². The Bertz CT molecular complexity index is 398. The van der Waals surface area contributed by atoms with Crippen LogP contribution < -0.4 is 10.1 Å². The number of thioether (sulfide) groups is 1. The third-order valence-corrected chi connectivity index (χ3v) is 3.31. The highest BCUT2D eigenvalue weighted by Gasteiger charge is 2.15. The van der Waals surface area contributed by atoms with Crippen LogP contribution in [0.2, 0.25) is 0 Å². The number of carboxylic acid groups (broad SMARTS) is 1. The second kappa shape index (κ2) is 8.82. The van der Waals surface area contributed by atoms with Crippen molar-refractivity contribution in [3.05, 3.63) is 29.8 Å². The Morgan fingerprint density at radius 1 is 1.53 bits per heavy atom. The topological polar surface area (TPSA) is 58.6 Å². The van der Waals surface area contributed by atoms with Crippen LogP contribution in [0.25, 0.3) is 0 Å². The molecule has 1 rings (SSSR count). The molecule has 1 atom stereocenters. The van der Waals surface area contributed by atoms with Gasteiger partial charge in [-0.15, -0.1) is 0 Å². The van der Waals surface area contributed by atoms with Gasteiger partial charge in [0.1, 0.15) is 11.8 Å². The first kappa shape index (κ1) is 15.9. The molecule has 1 aromatic carbocycles. The molecule has 0 saturated heterocycles. The lowest BCUT2D eigenvalue weighted by atomic mass is 10.1. The Hall–Kier alpha value is -1.20. The van der Waals surface area contributed by atoms with Crippen LogP contribution in [0.4, 0.5) is 0 Å². The van der Waals surface area contributed by atoms with E-state index in [0.29, 0.717) is 19.6 Å². The predicted octanol–water partition coefficient (Wildman–Crippen LogP) is 2.38. The number of nitrogens with one attached hydrogen (secondary N) is 1. The van der Waals surface area contributed by atoms with E-state index in [9.17, 15) is 4.79 Å². The van der Waals surface area contributed by atoms with Crippen LogP contribution in [0.3, 0.4) is 0 Å². The molecule has 0 radical (unpaired) electrons. The Kier molecular flexibility index (Phi) is 7.36. The van der Waals surface area contributed by atoms with Crippen molar-refractivity contribution >= 4 is 17.7 Å². The minimum absolute atomic E-state index is 0.497. The van der Waals surface area contributed by atoms with Crippen LogP contribution in [-0.2, 0) is 11.3 Å². The van der Waals surface area contributed by atoms with Crippen molar-refractivity contribution in [1.29, 1.82) is 0 Å². The molecule has 0 aliphatic carbocycles. The van der Waals surface area contributed by atoms with Gasteiger partial charge in [0.05, 0.1) is 6.61 Å². The van der Waals surface area contributed by atoms with Gasteiger partial charge in [-0.05, 0) is 43.0 Å². The number of aliphatic carboxylic acids is 1. The van der Waals surface area contributed by atoms with Gasteiger partial charge in [0.15, 0.2) is 0 Å². The molecule has 0 aliphatic rings. The highest BCUT2D eigenvalue weighted by molar-refractivity contribution is 7.98. The van der Waals surface area contributed by atoms with Crippen molar-refractivity contribution < 1.29 is 14.6 Å². The van der Waals surface area contributed by atoms with Crippen LogP contribution in [0.5, 0.6) is 5.75 Å². The van der Waals surface area contributed by atoms with Gasteiger partial charge in [0.2, 0.25) is 0 Å². The molecule has 0 fully saturated rings. The molecule has 0 unspecified atom stereocenters. The third-order valence-electron chi connectivity index (χ3n) is 2.67. The maximum absolute atomic E-state index is 11.1. The predicted molar refractivity (Wildman–Crippen MR) is 78.9 cm³/mol. The second-order valence-corrected chi connectivity index (χ2v) is 5.12. The van der Waals surface area contributed by atoms with E-state index in [1.807, 2.05) is 37.4 Å². The van der Waals surface area contributed by atoms with Gasteiger partial charge in [-0.2, -0.15) is 11.8 Å². The lowest BCUT2D eigenvalue weighted by molar-refractivity contribution is -0.139. The molecule has 0 saturated carbocycles. The number of hydrogen-bond acceptors (Lipinski definition) is 4. The van der Waals surface area contributed by atoms with E-state index in [0.717, 1.165) is 17.1 Å². The fraction of sp³-hybridized carbons (Fsp3) is 0.500. The van der Waals surface area contributed by atoms with Crippen molar-refractivity contribution in [3.8, 4) is 5.75 Å². The maximum atomic E-state index is 11.1. The summed E-state index contributed by atoms with van der Waals surface area (Å²) in [5.74, 6) is 0.857. The molecule has 106 valence electrons. The van der Waals surface area contributed by atoms with Crippen molar-refractivity contribution in [2.45, 2.75) is 25.9 Å². The number of benzene rings is 1. The Morgan fingerprint density at radius 2 is 2.32 bits per heavy atom. The molecule has 1 aromatic rings. The summed E-state index contributed by atoms with van der Waals surface area (Å²) < 4.78 is 5.42. The summed E-state index contributed by atoms with van der Waals surface area (Å²) in [6, 6.07) is 7.21. The van der Waals surface area contributed by atoms with E-state index in [1.165, 1.54) is 0 Å². The van der Waals surface area contributed by atoms with Crippen molar-refractivity contribution in [3.63, 3.8) is 0 Å². The minimum Gasteiger partial charge on any atom is -0.494 e. The van der Waals surface area contributed by atoms with Gasteiger partial charge in [0.25, 0.3) is 0 Å². The van der Waals surface area contributed by atoms with E-state index >= 15 is 0 Å². The Balaban J connectivity index is 2.53. The normalized spacial score (nSPS) is 12.1. The number of carbonyl (C=O) groups is 1. The molecule has 0 aromatic heterocycles. The highest BCUT2D eigenvalue weighted by atomic mass is 32.2. The quantitative estimate of drug-likeness (QED) is 0.728. The highest BCUT2D eigenvalue weighted by Crippen LogP contribution is 2.13. The molecule has 0 spiro atoms. The molecule has 0 bridgehead atoms. The molecule has 2 N–H and O–H groups in total. The smallest absolute Gasteiger partial charge is 0.320 e. The fourth-order valence-corrected chi connectivity index (χ4v) is 2.17. The summed E-state index contributed by atoms with van der Waals surface area (Å²) in [6.45, 7) is 3.10. The molecular formula is C14H21NO3S. The van der Waals surface area contributed by atoms with E-state index in [4.69, 9.17) is 9.84 Å². The molecule has 0 aliphatic heterocycles.